The Hall–Kier alpha value is -3.07. The quantitative estimate of drug-likeness (QED) is 0.562. The summed E-state index contributed by atoms with van der Waals surface area (Å²) < 4.78 is 29.1. The average Bonchev–Trinajstić information content (AvgIpc) is 2.63. The predicted molar refractivity (Wildman–Crippen MR) is 110 cm³/mol. The number of halogens is 1. The molecule has 0 heterocycles. The number of amides is 1. The summed E-state index contributed by atoms with van der Waals surface area (Å²) in [5.74, 6) is -0.307. The minimum Gasteiger partial charge on any atom is -0.507 e. The molecule has 0 aromatic heterocycles. The van der Waals surface area contributed by atoms with Gasteiger partial charge in [0.2, 0.25) is 10.0 Å². The zero-order chi connectivity index (χ0) is 21.2. The molecule has 7 nitrogen and oxygen atoms in total. The first-order chi connectivity index (χ1) is 13.6. The number of primary sulfonamides is 1. The zero-order valence-corrected chi connectivity index (χ0v) is 16.8. The van der Waals surface area contributed by atoms with E-state index in [0.29, 0.717) is 17.2 Å². The van der Waals surface area contributed by atoms with Crippen molar-refractivity contribution in [1.82, 2.24) is 0 Å². The third-order valence-electron chi connectivity index (χ3n) is 3.96. The van der Waals surface area contributed by atoms with Crippen LogP contribution in [0.3, 0.4) is 0 Å². The highest BCUT2D eigenvalue weighted by Crippen LogP contribution is 2.33. The van der Waals surface area contributed by atoms with Gasteiger partial charge in [0.25, 0.3) is 5.91 Å². The third kappa shape index (κ3) is 4.86. The van der Waals surface area contributed by atoms with E-state index in [1.807, 2.05) is 31.2 Å². The maximum Gasteiger partial charge on any atom is 0.259 e. The van der Waals surface area contributed by atoms with E-state index in [1.165, 1.54) is 0 Å². The molecule has 0 saturated heterocycles. The van der Waals surface area contributed by atoms with Crippen molar-refractivity contribution in [1.29, 1.82) is 0 Å². The number of para-hydroxylation sites is 1. The fourth-order valence-corrected chi connectivity index (χ4v) is 3.67. The van der Waals surface area contributed by atoms with Crippen LogP contribution in [-0.4, -0.2) is 19.4 Å². The van der Waals surface area contributed by atoms with E-state index < -0.39 is 26.6 Å². The van der Waals surface area contributed by atoms with Gasteiger partial charge < -0.3 is 15.2 Å². The van der Waals surface area contributed by atoms with Gasteiger partial charge in [0.1, 0.15) is 16.4 Å². The second kappa shape index (κ2) is 8.12. The molecule has 150 valence electrons. The number of nitrogens with one attached hydrogen (secondary N) is 1. The fourth-order valence-electron chi connectivity index (χ4n) is 2.58. The first-order valence-corrected chi connectivity index (χ1v) is 10.3. The van der Waals surface area contributed by atoms with E-state index in [9.17, 15) is 18.3 Å². The number of anilines is 1. The molecule has 3 rings (SSSR count). The Morgan fingerprint density at radius 2 is 1.79 bits per heavy atom. The van der Waals surface area contributed by atoms with Crippen molar-refractivity contribution in [3.63, 3.8) is 0 Å². The number of hydrogen-bond donors (Lipinski definition) is 3. The van der Waals surface area contributed by atoms with Gasteiger partial charge in [-0.3, -0.25) is 4.79 Å². The highest BCUT2D eigenvalue weighted by Gasteiger charge is 2.21. The van der Waals surface area contributed by atoms with Gasteiger partial charge >= 0.3 is 0 Å². The van der Waals surface area contributed by atoms with Crippen LogP contribution in [0, 0.1) is 6.92 Å². The molecule has 0 spiro atoms. The van der Waals surface area contributed by atoms with Crippen molar-refractivity contribution in [2.24, 2.45) is 5.14 Å². The zero-order valence-electron chi connectivity index (χ0n) is 15.2. The molecule has 0 fully saturated rings. The molecule has 29 heavy (non-hydrogen) atoms. The van der Waals surface area contributed by atoms with Crippen LogP contribution >= 0.6 is 11.6 Å². The number of benzene rings is 3. The van der Waals surface area contributed by atoms with Crippen LogP contribution in [0.2, 0.25) is 5.02 Å². The van der Waals surface area contributed by atoms with Gasteiger partial charge in [-0.25, -0.2) is 13.6 Å². The van der Waals surface area contributed by atoms with Gasteiger partial charge in [0.15, 0.2) is 5.75 Å². The van der Waals surface area contributed by atoms with Crippen LogP contribution in [0.5, 0.6) is 17.2 Å². The molecule has 9 heteroatoms. The number of nitrogens with two attached hydrogens (primary N) is 1. The third-order valence-corrected chi connectivity index (χ3v) is 5.33. The number of carbonyl (C=O) groups excluding carboxylic acids is 1. The van der Waals surface area contributed by atoms with Crippen LogP contribution in [0.25, 0.3) is 0 Å². The molecule has 0 radical (unpaired) electrons. The first-order valence-electron chi connectivity index (χ1n) is 8.35. The van der Waals surface area contributed by atoms with E-state index in [0.717, 1.165) is 17.7 Å². The number of aromatic hydroxyl groups is 1. The molecule has 0 aliphatic carbocycles. The van der Waals surface area contributed by atoms with E-state index in [1.54, 1.807) is 24.3 Å². The number of phenols is 1. The van der Waals surface area contributed by atoms with E-state index in [4.69, 9.17) is 21.5 Å². The minimum absolute atomic E-state index is 0.287. The van der Waals surface area contributed by atoms with Crippen LogP contribution in [0.1, 0.15) is 15.9 Å². The lowest BCUT2D eigenvalue weighted by Gasteiger charge is -2.14. The summed E-state index contributed by atoms with van der Waals surface area (Å²) in [5, 5.41) is 17.5. The largest absolute Gasteiger partial charge is 0.507 e. The van der Waals surface area contributed by atoms with Gasteiger partial charge in [-0.2, -0.15) is 0 Å². The van der Waals surface area contributed by atoms with Crippen LogP contribution < -0.4 is 15.2 Å². The van der Waals surface area contributed by atoms with Crippen molar-refractivity contribution in [2.75, 3.05) is 5.32 Å². The molecular weight excluding hydrogens is 416 g/mol. The average molecular weight is 433 g/mol. The summed E-state index contributed by atoms with van der Waals surface area (Å²) in [7, 11) is -4.18. The summed E-state index contributed by atoms with van der Waals surface area (Å²) in [6.07, 6.45) is 0. The van der Waals surface area contributed by atoms with Gasteiger partial charge in [-0.05, 0) is 42.8 Å². The molecule has 3 aromatic rings. The maximum atomic E-state index is 12.7. The fraction of sp³-hybridized carbons (Fsp3) is 0.0500. The lowest BCUT2D eigenvalue weighted by Crippen LogP contribution is -2.17. The summed E-state index contributed by atoms with van der Waals surface area (Å²) in [5.41, 5.74) is 0.891. The summed E-state index contributed by atoms with van der Waals surface area (Å²) >= 11 is 5.82. The number of ether oxygens (including phenoxy) is 1. The van der Waals surface area contributed by atoms with Crippen molar-refractivity contribution >= 4 is 33.2 Å². The molecule has 0 saturated carbocycles. The molecule has 4 N–H and O–H groups in total. The Morgan fingerprint density at radius 1 is 1.10 bits per heavy atom. The number of rotatable bonds is 5. The van der Waals surface area contributed by atoms with Gasteiger partial charge in [-0.1, -0.05) is 35.9 Å². The predicted octanol–water partition coefficient (Wildman–Crippen LogP) is 4.05. The lowest BCUT2D eigenvalue weighted by molar-refractivity contribution is 0.102. The number of sulfonamides is 1. The molecule has 0 aliphatic heterocycles. The summed E-state index contributed by atoms with van der Waals surface area (Å²) in [6, 6.07) is 16.0. The highest BCUT2D eigenvalue weighted by atomic mass is 35.5. The van der Waals surface area contributed by atoms with Gasteiger partial charge in [-0.15, -0.1) is 0 Å². The van der Waals surface area contributed by atoms with Crippen molar-refractivity contribution in [3.05, 3.63) is 76.8 Å². The normalized spacial score (nSPS) is 11.1. The molecule has 0 bridgehead atoms. The number of aryl methyl sites for hydroxylation is 1. The Balaban J connectivity index is 1.96. The minimum atomic E-state index is -4.18. The Bertz CT molecular complexity index is 1180. The smallest absolute Gasteiger partial charge is 0.259 e. The highest BCUT2D eigenvalue weighted by molar-refractivity contribution is 7.89. The van der Waals surface area contributed by atoms with Gasteiger partial charge in [0, 0.05) is 6.07 Å². The maximum absolute atomic E-state index is 12.7. The molecule has 0 aliphatic rings. The topological polar surface area (TPSA) is 119 Å². The Labute approximate surface area is 172 Å². The second-order valence-corrected chi connectivity index (χ2v) is 8.15. The second-order valence-electron chi connectivity index (χ2n) is 6.21. The van der Waals surface area contributed by atoms with Crippen LogP contribution in [0.15, 0.2) is 65.6 Å². The van der Waals surface area contributed by atoms with E-state index in [2.05, 4.69) is 5.32 Å². The van der Waals surface area contributed by atoms with E-state index >= 15 is 0 Å². The number of carbonyl (C=O) groups is 1. The number of phenolic OH excluding ortho intramolecular Hbond substituents is 1. The molecule has 1 amide bonds. The van der Waals surface area contributed by atoms with Crippen molar-refractivity contribution < 1.29 is 23.1 Å². The lowest BCUT2D eigenvalue weighted by atomic mass is 10.1. The standard InChI is InChI=1S/C20H17ClN2O5S/c1-12-7-8-18(28-13-5-3-2-4-6-13)16(9-12)23-20(25)14-10-19(29(22,26)27)15(21)11-17(14)24/h2-11,24H,1H3,(H,23,25)(H2,22,26,27). The summed E-state index contributed by atoms with van der Waals surface area (Å²) in [6.45, 7) is 1.83. The van der Waals surface area contributed by atoms with Crippen molar-refractivity contribution in [2.45, 2.75) is 11.8 Å². The van der Waals surface area contributed by atoms with Crippen LogP contribution in [-0.2, 0) is 10.0 Å². The Kier molecular flexibility index (Phi) is 5.78. The molecule has 0 unspecified atom stereocenters. The van der Waals surface area contributed by atoms with Gasteiger partial charge in [0.05, 0.1) is 16.3 Å². The van der Waals surface area contributed by atoms with Crippen molar-refractivity contribution in [3.8, 4) is 17.2 Å². The SMILES string of the molecule is Cc1ccc(Oc2ccccc2)c(NC(=O)c2cc(S(N)(=O)=O)c(Cl)cc2O)c1. The van der Waals surface area contributed by atoms with Crippen LogP contribution in [0.4, 0.5) is 5.69 Å². The number of hydrogen-bond acceptors (Lipinski definition) is 5. The molecular formula is C20H17ClN2O5S. The molecule has 0 atom stereocenters. The molecule has 3 aromatic carbocycles. The van der Waals surface area contributed by atoms with E-state index in [-0.39, 0.29) is 10.6 Å². The Morgan fingerprint density at radius 3 is 2.45 bits per heavy atom. The summed E-state index contributed by atoms with van der Waals surface area (Å²) in [4.78, 5) is 12.3. The monoisotopic (exact) mass is 432 g/mol. The first kappa shape index (κ1) is 20.7.